The zero-order valence-electron chi connectivity index (χ0n) is 37.0. The van der Waals surface area contributed by atoms with E-state index in [1.165, 1.54) is 0 Å². The molecule has 12 rings (SSSR count). The fourth-order valence-corrected chi connectivity index (χ4v) is 13.2. The summed E-state index contributed by atoms with van der Waals surface area (Å²) in [5, 5.41) is 5.40. The van der Waals surface area contributed by atoms with Gasteiger partial charge in [-0.2, -0.15) is 0 Å². The summed E-state index contributed by atoms with van der Waals surface area (Å²) in [7, 11) is 0. The van der Waals surface area contributed by atoms with Gasteiger partial charge in [0.25, 0.3) is 0 Å². The monoisotopic (exact) mass is 869 g/mol. The third-order valence-electron chi connectivity index (χ3n) is 16.5. The number of unbranched alkanes of at least 4 members (excludes halogenated alkanes) is 1. The molecule has 4 bridgehead atoms. The Kier molecular flexibility index (Phi) is 12.0. The second-order valence-electron chi connectivity index (χ2n) is 20.3. The largest absolute Gasteiger partial charge is 0.384 e. The molecule has 2 saturated carbocycles. The van der Waals surface area contributed by atoms with Crippen molar-refractivity contribution in [3.8, 4) is 0 Å². The molecule has 2 aromatic rings. The molecule has 1 aromatic heterocycles. The van der Waals surface area contributed by atoms with Gasteiger partial charge in [-0.1, -0.05) is 39.3 Å². The Morgan fingerprint density at radius 1 is 0.705 bits per heavy atom. The van der Waals surface area contributed by atoms with E-state index in [2.05, 4.69) is 42.9 Å². The SMILES string of the molecule is C[C@H]1[C@@H](OCCN(CCCCNc2ccnc3cc(Cl)ccc23)CCO[C@H]2O[C@@H]3O[C@]4(C)CC[C@H]5[C@H](C)CC[C@@H]([C@H]2C)[C@@]35OO4)O[C@@H]2O[C@]3(C)CC[C@H]4[C@H](C)CC[C@@H]1[C@@]24OO3. The number of anilines is 1. The standard InChI is InChI=1S/C47H68ClN3O10/c1-28-9-13-36-30(3)40(54-42-46(36)34(28)15-18-44(5,56-42)58-60-46)52-25-23-51(22-8-7-20-49-38-17-21-50-39-27-32(48)11-12-33(38)39)24-26-53-41-31(4)37-14-10-29(2)35-16-19-45(6)57-43(55-41)47(35,37)61-59-45/h11-12,17,21,27-31,34-37,40-43H,7-10,13-16,18-20,22-26H2,1-6H3,(H,49,50)/t28-,29-,30-,31-,34+,35+,36+,37+,40+,41+,42-,43-,44+,45+,46-,47-/m1/s1. The van der Waals surface area contributed by atoms with E-state index in [0.717, 1.165) is 107 Å². The van der Waals surface area contributed by atoms with Gasteiger partial charge < -0.3 is 33.7 Å². The minimum Gasteiger partial charge on any atom is -0.384 e. The van der Waals surface area contributed by atoms with Crippen molar-refractivity contribution in [3.05, 3.63) is 35.5 Å². The maximum Gasteiger partial charge on any atom is 0.201 e. The molecule has 2 spiro atoms. The summed E-state index contributed by atoms with van der Waals surface area (Å²) >= 11 is 6.25. The van der Waals surface area contributed by atoms with Crippen LogP contribution in [0, 0.1) is 47.3 Å². The lowest BCUT2D eigenvalue weighted by Crippen LogP contribution is -2.70. The van der Waals surface area contributed by atoms with E-state index in [0.29, 0.717) is 41.9 Å². The third kappa shape index (κ3) is 7.66. The molecule has 61 heavy (non-hydrogen) atoms. The molecular formula is C47H68ClN3O10. The van der Waals surface area contributed by atoms with E-state index in [-0.39, 0.29) is 23.7 Å². The second kappa shape index (κ2) is 16.9. The van der Waals surface area contributed by atoms with Crippen LogP contribution in [0.1, 0.15) is 106 Å². The Bertz CT molecular complexity index is 1800. The number of nitrogens with one attached hydrogen (secondary N) is 1. The minimum absolute atomic E-state index is 0.123. The first-order valence-corrected chi connectivity index (χ1v) is 23.9. The second-order valence-corrected chi connectivity index (χ2v) is 20.7. The van der Waals surface area contributed by atoms with E-state index in [1.54, 1.807) is 0 Å². The van der Waals surface area contributed by atoms with Crippen LogP contribution < -0.4 is 5.32 Å². The molecule has 10 aliphatic rings. The highest BCUT2D eigenvalue weighted by atomic mass is 35.5. The van der Waals surface area contributed by atoms with Gasteiger partial charge in [-0.25, -0.2) is 19.6 Å². The summed E-state index contributed by atoms with van der Waals surface area (Å²) in [5.41, 5.74) is 0.747. The van der Waals surface area contributed by atoms with Gasteiger partial charge in [0.2, 0.25) is 11.6 Å². The Morgan fingerprint density at radius 3 is 1.85 bits per heavy atom. The van der Waals surface area contributed by atoms with Crippen molar-refractivity contribution < 1.29 is 48.0 Å². The molecule has 1 aromatic carbocycles. The lowest BCUT2D eigenvalue weighted by atomic mass is 9.58. The lowest BCUT2D eigenvalue weighted by molar-refractivity contribution is -0.577. The van der Waals surface area contributed by atoms with Crippen molar-refractivity contribution in [1.29, 1.82) is 0 Å². The number of rotatable bonds is 14. The number of hydrogen-bond donors (Lipinski definition) is 1. The van der Waals surface area contributed by atoms with E-state index in [4.69, 9.17) is 59.6 Å². The van der Waals surface area contributed by atoms with Gasteiger partial charge in [0.15, 0.2) is 36.4 Å². The van der Waals surface area contributed by atoms with Crippen LogP contribution >= 0.6 is 11.6 Å². The van der Waals surface area contributed by atoms with Crippen LogP contribution in [0.15, 0.2) is 30.5 Å². The summed E-state index contributed by atoms with van der Waals surface area (Å²) in [5.74, 6) is 0.729. The number of aromatic nitrogens is 1. The zero-order chi connectivity index (χ0) is 42.1. The average molecular weight is 871 g/mol. The number of hydrogen-bond acceptors (Lipinski definition) is 13. The van der Waals surface area contributed by atoms with Crippen LogP contribution in [-0.2, 0) is 48.0 Å². The van der Waals surface area contributed by atoms with Crippen LogP contribution in [0.2, 0.25) is 5.02 Å². The highest BCUT2D eigenvalue weighted by Crippen LogP contribution is 2.62. The summed E-state index contributed by atoms with van der Waals surface area (Å²) in [6.45, 7) is 17.4. The Morgan fingerprint density at radius 2 is 1.28 bits per heavy atom. The predicted octanol–water partition coefficient (Wildman–Crippen LogP) is 8.83. The maximum absolute atomic E-state index is 6.76. The van der Waals surface area contributed by atoms with E-state index in [9.17, 15) is 0 Å². The molecule has 10 fully saturated rings. The van der Waals surface area contributed by atoms with E-state index in [1.807, 2.05) is 44.3 Å². The molecule has 0 amide bonds. The number of fused-ring (bicyclic) bond motifs is 5. The van der Waals surface area contributed by atoms with Crippen molar-refractivity contribution in [1.82, 2.24) is 9.88 Å². The Balaban J connectivity index is 0.787. The van der Waals surface area contributed by atoms with Crippen molar-refractivity contribution in [2.75, 3.05) is 44.7 Å². The van der Waals surface area contributed by atoms with E-state index < -0.39 is 47.9 Å². The molecule has 0 unspecified atom stereocenters. The number of pyridine rings is 1. The smallest absolute Gasteiger partial charge is 0.201 e. The van der Waals surface area contributed by atoms with Crippen molar-refractivity contribution in [2.45, 2.75) is 154 Å². The van der Waals surface area contributed by atoms with Gasteiger partial charge in [-0.15, -0.1) is 0 Å². The number of halogens is 1. The molecule has 8 aliphatic heterocycles. The van der Waals surface area contributed by atoms with Crippen LogP contribution in [0.5, 0.6) is 0 Å². The lowest BCUT2D eigenvalue weighted by Gasteiger charge is -2.60. The number of ether oxygens (including phenoxy) is 6. The molecule has 14 heteroatoms. The fourth-order valence-electron chi connectivity index (χ4n) is 13.0. The molecule has 16 atom stereocenters. The normalized spacial score (nSPS) is 45.0. The van der Waals surface area contributed by atoms with Gasteiger partial charge in [0, 0.05) is 78.4 Å². The zero-order valence-corrected chi connectivity index (χ0v) is 37.7. The van der Waals surface area contributed by atoms with E-state index >= 15 is 0 Å². The molecular weight excluding hydrogens is 802 g/mol. The molecule has 338 valence electrons. The Labute approximate surface area is 366 Å². The average Bonchev–Trinajstić information content (AvgIpc) is 3.62. The fraction of sp³-hybridized carbons (Fsp3) is 0.809. The van der Waals surface area contributed by atoms with Gasteiger partial charge >= 0.3 is 0 Å². The van der Waals surface area contributed by atoms with Crippen LogP contribution in [0.25, 0.3) is 10.9 Å². The van der Waals surface area contributed by atoms with Gasteiger partial charge in [-0.3, -0.25) is 9.88 Å². The number of nitrogens with zero attached hydrogens (tertiary/aromatic N) is 2. The molecule has 8 saturated heterocycles. The summed E-state index contributed by atoms with van der Waals surface area (Å²) < 4.78 is 40.1. The van der Waals surface area contributed by atoms with Crippen LogP contribution in [0.3, 0.4) is 0 Å². The first-order valence-electron chi connectivity index (χ1n) is 23.6. The highest BCUT2D eigenvalue weighted by Gasteiger charge is 2.71. The highest BCUT2D eigenvalue weighted by molar-refractivity contribution is 6.31. The predicted molar refractivity (Wildman–Crippen MR) is 226 cm³/mol. The van der Waals surface area contributed by atoms with Crippen molar-refractivity contribution in [2.24, 2.45) is 47.3 Å². The number of benzene rings is 1. The molecule has 1 N–H and O–H groups in total. The first-order chi connectivity index (χ1) is 29.4. The first kappa shape index (κ1) is 43.2. The summed E-state index contributed by atoms with van der Waals surface area (Å²) in [6.07, 6.45) is 9.97. The Hall–Kier alpha value is -1.72. The van der Waals surface area contributed by atoms with Gasteiger partial charge in [-0.05, 0) is 120 Å². The molecule has 2 aliphatic carbocycles. The molecule has 9 heterocycles. The molecule has 0 radical (unpaired) electrons. The topological polar surface area (TPSA) is 120 Å². The quantitative estimate of drug-likeness (QED) is 0.144. The third-order valence-corrected chi connectivity index (χ3v) is 16.7. The maximum atomic E-state index is 6.76. The van der Waals surface area contributed by atoms with Crippen molar-refractivity contribution in [3.63, 3.8) is 0 Å². The minimum atomic E-state index is -0.815. The van der Waals surface area contributed by atoms with Crippen LogP contribution in [0.4, 0.5) is 5.69 Å². The molecule has 13 nitrogen and oxygen atoms in total. The van der Waals surface area contributed by atoms with Gasteiger partial charge in [0.1, 0.15) is 0 Å². The summed E-state index contributed by atoms with van der Waals surface area (Å²) in [6, 6.07) is 7.88. The van der Waals surface area contributed by atoms with Gasteiger partial charge in [0.05, 0.1) is 18.7 Å². The summed E-state index contributed by atoms with van der Waals surface area (Å²) in [4.78, 5) is 31.8. The van der Waals surface area contributed by atoms with Crippen molar-refractivity contribution >= 4 is 28.2 Å². The van der Waals surface area contributed by atoms with Crippen LogP contribution in [-0.4, -0.2) is 97.2 Å².